The minimum absolute atomic E-state index is 0.369. The Morgan fingerprint density at radius 2 is 2.06 bits per heavy atom. The van der Waals surface area contributed by atoms with Crippen molar-refractivity contribution in [1.82, 2.24) is 4.57 Å². The molecule has 18 heavy (non-hydrogen) atoms. The quantitative estimate of drug-likeness (QED) is 0.841. The van der Waals surface area contributed by atoms with Crippen LogP contribution in [0.1, 0.15) is 26.3 Å². The van der Waals surface area contributed by atoms with Crippen LogP contribution >= 0.6 is 0 Å². The van der Waals surface area contributed by atoms with Crippen molar-refractivity contribution in [3.63, 3.8) is 0 Å². The molecular weight excluding hydrogens is 228 g/mol. The van der Waals surface area contributed by atoms with Crippen LogP contribution in [0.3, 0.4) is 0 Å². The predicted octanol–water partition coefficient (Wildman–Crippen LogP) is 2.88. The van der Waals surface area contributed by atoms with Crippen molar-refractivity contribution in [2.45, 2.75) is 32.9 Å². The van der Waals surface area contributed by atoms with E-state index in [0.717, 1.165) is 16.5 Å². The van der Waals surface area contributed by atoms with Gasteiger partial charge < -0.3 is 10.5 Å². The van der Waals surface area contributed by atoms with E-state index in [1.165, 1.54) is 4.57 Å². The van der Waals surface area contributed by atoms with Crippen LogP contribution in [-0.2, 0) is 11.3 Å². The van der Waals surface area contributed by atoms with Crippen LogP contribution in [0.25, 0.3) is 10.9 Å². The largest absolute Gasteiger partial charge is 0.443 e. The fourth-order valence-corrected chi connectivity index (χ4v) is 1.77. The molecule has 0 atom stereocenters. The van der Waals surface area contributed by atoms with Gasteiger partial charge in [-0.25, -0.2) is 4.79 Å². The lowest BCUT2D eigenvalue weighted by molar-refractivity contribution is 0.0544. The van der Waals surface area contributed by atoms with Crippen LogP contribution in [0.4, 0.5) is 4.79 Å². The second kappa shape index (κ2) is 4.46. The number of aromatic nitrogens is 1. The molecule has 1 heterocycles. The zero-order valence-corrected chi connectivity index (χ0v) is 10.9. The summed E-state index contributed by atoms with van der Waals surface area (Å²) in [5, 5.41) is 0.998. The second-order valence-corrected chi connectivity index (χ2v) is 5.26. The van der Waals surface area contributed by atoms with Crippen molar-refractivity contribution in [2.24, 2.45) is 5.73 Å². The van der Waals surface area contributed by atoms with Gasteiger partial charge in [-0.1, -0.05) is 12.1 Å². The molecule has 96 valence electrons. The minimum atomic E-state index is -0.501. The number of nitrogens with zero attached hydrogens (tertiary/aromatic N) is 1. The molecule has 0 aliphatic rings. The van der Waals surface area contributed by atoms with E-state index in [1.807, 2.05) is 45.0 Å². The molecule has 0 unspecified atom stereocenters. The molecular formula is C14H18N2O2. The van der Waals surface area contributed by atoms with Crippen LogP contribution in [0.15, 0.2) is 30.5 Å². The molecule has 0 saturated heterocycles. The summed E-state index contributed by atoms with van der Waals surface area (Å²) in [5.74, 6) is 0. The Labute approximate surface area is 106 Å². The van der Waals surface area contributed by atoms with Gasteiger partial charge in [-0.3, -0.25) is 4.57 Å². The zero-order valence-electron chi connectivity index (χ0n) is 10.9. The highest BCUT2D eigenvalue weighted by molar-refractivity contribution is 5.89. The second-order valence-electron chi connectivity index (χ2n) is 5.26. The van der Waals surface area contributed by atoms with E-state index >= 15 is 0 Å². The summed E-state index contributed by atoms with van der Waals surface area (Å²) in [7, 11) is 0. The lowest BCUT2D eigenvalue weighted by Crippen LogP contribution is -2.26. The van der Waals surface area contributed by atoms with Gasteiger partial charge in [0.05, 0.1) is 5.52 Å². The van der Waals surface area contributed by atoms with Crippen LogP contribution < -0.4 is 5.73 Å². The van der Waals surface area contributed by atoms with Crippen molar-refractivity contribution in [3.8, 4) is 0 Å². The lowest BCUT2D eigenvalue weighted by atomic mass is 10.1. The highest BCUT2D eigenvalue weighted by Crippen LogP contribution is 2.19. The number of carbonyl (C=O) groups is 1. The fourth-order valence-electron chi connectivity index (χ4n) is 1.77. The Kier molecular flexibility index (Phi) is 3.13. The van der Waals surface area contributed by atoms with Crippen LogP contribution in [0.5, 0.6) is 0 Å². The third kappa shape index (κ3) is 2.54. The number of fused-ring (bicyclic) bond motifs is 1. The van der Waals surface area contributed by atoms with Crippen LogP contribution in [-0.4, -0.2) is 16.3 Å². The molecule has 2 rings (SSSR count). The maximum absolute atomic E-state index is 12.0. The van der Waals surface area contributed by atoms with Gasteiger partial charge in [0.15, 0.2) is 0 Å². The molecule has 4 nitrogen and oxygen atoms in total. The molecule has 0 radical (unpaired) electrons. The zero-order chi connectivity index (χ0) is 13.3. The molecule has 2 N–H and O–H groups in total. The maximum Gasteiger partial charge on any atom is 0.418 e. The van der Waals surface area contributed by atoms with Crippen LogP contribution in [0.2, 0.25) is 0 Å². The fraction of sp³-hybridized carbons (Fsp3) is 0.357. The molecule has 4 heteroatoms. The summed E-state index contributed by atoms with van der Waals surface area (Å²) in [6, 6.07) is 7.72. The van der Waals surface area contributed by atoms with Crippen molar-refractivity contribution < 1.29 is 9.53 Å². The van der Waals surface area contributed by atoms with Gasteiger partial charge in [0.2, 0.25) is 0 Å². The van der Waals surface area contributed by atoms with Crippen molar-refractivity contribution >= 4 is 17.0 Å². The monoisotopic (exact) mass is 246 g/mol. The normalized spacial score (nSPS) is 11.8. The number of hydrogen-bond donors (Lipinski definition) is 1. The summed E-state index contributed by atoms with van der Waals surface area (Å²) in [5.41, 5.74) is 6.93. The van der Waals surface area contributed by atoms with E-state index in [1.54, 1.807) is 6.20 Å². The summed E-state index contributed by atoms with van der Waals surface area (Å²) >= 11 is 0. The third-order valence-corrected chi connectivity index (χ3v) is 2.58. The molecule has 1 aromatic carbocycles. The topological polar surface area (TPSA) is 57.2 Å². The summed E-state index contributed by atoms with van der Waals surface area (Å²) in [4.78, 5) is 12.0. The molecule has 2 aromatic rings. The third-order valence-electron chi connectivity index (χ3n) is 2.58. The number of nitrogens with two attached hydrogens (primary N) is 1. The van der Waals surface area contributed by atoms with E-state index in [2.05, 4.69) is 0 Å². The number of hydrogen-bond acceptors (Lipinski definition) is 3. The Hall–Kier alpha value is -1.81. The average Bonchev–Trinajstić information content (AvgIpc) is 2.69. The van der Waals surface area contributed by atoms with E-state index in [-0.39, 0.29) is 6.09 Å². The van der Waals surface area contributed by atoms with E-state index < -0.39 is 5.60 Å². The molecule has 0 saturated carbocycles. The Balaban J connectivity index is 2.42. The summed E-state index contributed by atoms with van der Waals surface area (Å²) in [6.45, 7) is 6.00. The molecule has 1 aromatic heterocycles. The van der Waals surface area contributed by atoms with Crippen molar-refractivity contribution in [1.29, 1.82) is 0 Å². The van der Waals surface area contributed by atoms with E-state index in [4.69, 9.17) is 10.5 Å². The first-order chi connectivity index (χ1) is 8.40. The molecule has 0 fully saturated rings. The van der Waals surface area contributed by atoms with Gasteiger partial charge in [0.1, 0.15) is 5.60 Å². The Bertz CT molecular complexity index is 579. The van der Waals surface area contributed by atoms with Gasteiger partial charge in [0, 0.05) is 18.1 Å². The Morgan fingerprint density at radius 3 is 2.67 bits per heavy atom. The smallest absolute Gasteiger partial charge is 0.418 e. The average molecular weight is 246 g/mol. The summed E-state index contributed by atoms with van der Waals surface area (Å²) < 4.78 is 6.87. The first kappa shape index (κ1) is 12.6. The highest BCUT2D eigenvalue weighted by atomic mass is 16.6. The van der Waals surface area contributed by atoms with Crippen LogP contribution in [0, 0.1) is 0 Å². The van der Waals surface area contributed by atoms with Crippen molar-refractivity contribution in [2.75, 3.05) is 0 Å². The van der Waals surface area contributed by atoms with E-state index in [0.29, 0.717) is 6.54 Å². The van der Waals surface area contributed by atoms with E-state index in [9.17, 15) is 4.79 Å². The standard InChI is InChI=1S/C14H18N2O2/c1-14(2,3)18-13(17)16-7-6-11-5-4-10(9-15)8-12(11)16/h4-8H,9,15H2,1-3H3. The Morgan fingerprint density at radius 1 is 1.33 bits per heavy atom. The minimum Gasteiger partial charge on any atom is -0.443 e. The molecule has 0 bridgehead atoms. The molecule has 0 spiro atoms. The van der Waals surface area contributed by atoms with Gasteiger partial charge >= 0.3 is 6.09 Å². The van der Waals surface area contributed by atoms with Gasteiger partial charge in [-0.15, -0.1) is 0 Å². The highest BCUT2D eigenvalue weighted by Gasteiger charge is 2.18. The SMILES string of the molecule is CC(C)(C)OC(=O)n1ccc2ccc(CN)cc21. The maximum atomic E-state index is 12.0. The first-order valence-corrected chi connectivity index (χ1v) is 5.94. The van der Waals surface area contributed by atoms with Gasteiger partial charge in [-0.05, 0) is 38.5 Å². The first-order valence-electron chi connectivity index (χ1n) is 5.94. The molecule has 0 aliphatic heterocycles. The number of carbonyl (C=O) groups excluding carboxylic acids is 1. The predicted molar refractivity (Wildman–Crippen MR) is 71.5 cm³/mol. The molecule has 0 amide bonds. The summed E-state index contributed by atoms with van der Waals surface area (Å²) in [6.07, 6.45) is 1.35. The van der Waals surface area contributed by atoms with Gasteiger partial charge in [-0.2, -0.15) is 0 Å². The molecule has 0 aliphatic carbocycles. The number of rotatable bonds is 1. The number of ether oxygens (including phenoxy) is 1. The van der Waals surface area contributed by atoms with Crippen molar-refractivity contribution in [3.05, 3.63) is 36.0 Å². The number of benzene rings is 1. The van der Waals surface area contributed by atoms with Gasteiger partial charge in [0.25, 0.3) is 0 Å². The lowest BCUT2D eigenvalue weighted by Gasteiger charge is -2.19.